The molecule has 0 saturated heterocycles. The summed E-state index contributed by atoms with van der Waals surface area (Å²) in [6, 6.07) is 15.2. The maximum Gasteiger partial charge on any atom is 0.338 e. The average molecular weight is 596 g/mol. The van der Waals surface area contributed by atoms with E-state index in [1.807, 2.05) is 13.8 Å². The highest BCUT2D eigenvalue weighted by molar-refractivity contribution is 7.92. The van der Waals surface area contributed by atoms with Crippen LogP contribution in [0.4, 0.5) is 10.1 Å². The first kappa shape index (κ1) is 30.7. The number of amides is 1. The lowest BCUT2D eigenvalue weighted by Crippen LogP contribution is -2.41. The SMILES string of the molecule is CCCC1(CCc2ccc(F)cc2)CC(O)=C(C(CC)c2cccc(NS(=O)(=O)c3ccc(C(N)=O)cn3)c2)C(=O)O1. The highest BCUT2D eigenvalue weighted by Crippen LogP contribution is 2.42. The van der Waals surface area contributed by atoms with Gasteiger partial charge in [-0.25, -0.2) is 14.2 Å². The first-order valence-electron chi connectivity index (χ1n) is 13.8. The Bertz CT molecular complexity index is 1590. The number of primary amides is 1. The molecule has 0 spiro atoms. The van der Waals surface area contributed by atoms with Crippen molar-refractivity contribution in [1.82, 2.24) is 4.98 Å². The number of hydrogen-bond donors (Lipinski definition) is 3. The van der Waals surface area contributed by atoms with E-state index < -0.39 is 33.4 Å². The molecule has 0 fully saturated rings. The molecule has 0 saturated carbocycles. The number of anilines is 1. The van der Waals surface area contributed by atoms with Crippen molar-refractivity contribution in [2.45, 2.75) is 68.9 Å². The van der Waals surface area contributed by atoms with E-state index in [1.54, 1.807) is 36.4 Å². The maximum atomic E-state index is 13.5. The van der Waals surface area contributed by atoms with E-state index in [0.29, 0.717) is 31.2 Å². The number of benzene rings is 2. The van der Waals surface area contributed by atoms with Crippen LogP contribution >= 0.6 is 0 Å². The Hall–Kier alpha value is -4.25. The Morgan fingerprint density at radius 1 is 1.14 bits per heavy atom. The van der Waals surface area contributed by atoms with Crippen molar-refractivity contribution in [3.05, 3.63) is 101 Å². The van der Waals surface area contributed by atoms with Gasteiger partial charge in [-0.15, -0.1) is 0 Å². The molecule has 2 heterocycles. The van der Waals surface area contributed by atoms with Gasteiger partial charge in [-0.1, -0.05) is 44.5 Å². The molecular formula is C31H34FN3O6S. The number of aryl methyl sites for hydroxylation is 1. The fourth-order valence-corrected chi connectivity index (χ4v) is 6.33. The van der Waals surface area contributed by atoms with E-state index in [2.05, 4.69) is 9.71 Å². The second-order valence-electron chi connectivity index (χ2n) is 10.4. The van der Waals surface area contributed by atoms with E-state index in [0.717, 1.165) is 18.2 Å². The Labute approximate surface area is 244 Å². The van der Waals surface area contributed by atoms with Crippen LogP contribution in [0.2, 0.25) is 0 Å². The average Bonchev–Trinajstić information content (AvgIpc) is 2.95. The topological polar surface area (TPSA) is 149 Å². The summed E-state index contributed by atoms with van der Waals surface area (Å²) >= 11 is 0. The molecule has 4 rings (SSSR count). The fraction of sp³-hybridized carbons (Fsp3) is 0.323. The van der Waals surface area contributed by atoms with E-state index in [4.69, 9.17) is 10.5 Å². The smallest absolute Gasteiger partial charge is 0.338 e. The number of hydrogen-bond acceptors (Lipinski definition) is 7. The van der Waals surface area contributed by atoms with Crippen LogP contribution in [0.3, 0.4) is 0 Å². The number of nitrogens with one attached hydrogen (secondary N) is 1. The molecule has 4 N–H and O–H groups in total. The van der Waals surface area contributed by atoms with Gasteiger partial charge in [0.15, 0.2) is 5.03 Å². The first-order chi connectivity index (χ1) is 20.0. The van der Waals surface area contributed by atoms with Gasteiger partial charge in [0.05, 0.1) is 11.1 Å². The quantitative estimate of drug-likeness (QED) is 0.233. The Morgan fingerprint density at radius 2 is 1.88 bits per heavy atom. The fourth-order valence-electron chi connectivity index (χ4n) is 5.35. The number of carbonyl (C=O) groups is 2. The van der Waals surface area contributed by atoms with E-state index in [-0.39, 0.29) is 39.8 Å². The van der Waals surface area contributed by atoms with Crippen LogP contribution in [-0.4, -0.2) is 36.0 Å². The van der Waals surface area contributed by atoms with Crippen LogP contribution in [-0.2, 0) is 26.0 Å². The van der Waals surface area contributed by atoms with Gasteiger partial charge in [-0.3, -0.25) is 9.52 Å². The van der Waals surface area contributed by atoms with E-state index in [9.17, 15) is 27.5 Å². The van der Waals surface area contributed by atoms with Crippen molar-refractivity contribution in [2.75, 3.05) is 4.72 Å². The normalized spacial score (nSPS) is 17.9. The monoisotopic (exact) mass is 595 g/mol. The minimum Gasteiger partial charge on any atom is -0.512 e. The van der Waals surface area contributed by atoms with Gasteiger partial charge in [0.1, 0.15) is 17.2 Å². The summed E-state index contributed by atoms with van der Waals surface area (Å²) in [5, 5.41) is 10.9. The molecule has 222 valence electrons. The standard InChI is InChI=1S/C31H34FN3O6S/c1-3-15-31(16-14-20-8-11-23(32)12-9-20)18-26(36)28(30(38)41-31)25(4-2)21-6-5-7-24(17-21)35-42(39,40)27-13-10-22(19-34-27)29(33)37/h5-13,17,19,25,35-36H,3-4,14-16,18H2,1-2H3,(H2,33,37). The van der Waals surface area contributed by atoms with Gasteiger partial charge < -0.3 is 15.6 Å². The Balaban J connectivity index is 1.57. The third kappa shape index (κ3) is 6.96. The molecule has 1 aliphatic heterocycles. The molecule has 2 unspecified atom stereocenters. The number of ether oxygens (including phenoxy) is 1. The summed E-state index contributed by atoms with van der Waals surface area (Å²) in [4.78, 5) is 28.6. The molecule has 1 aromatic heterocycles. The van der Waals surface area contributed by atoms with Gasteiger partial charge in [-0.05, 0) is 73.2 Å². The van der Waals surface area contributed by atoms with Crippen molar-refractivity contribution < 1.29 is 32.2 Å². The molecular weight excluding hydrogens is 561 g/mol. The number of cyclic esters (lactones) is 1. The number of sulfonamides is 1. The minimum atomic E-state index is -4.09. The predicted molar refractivity (Wildman–Crippen MR) is 156 cm³/mol. The first-order valence-corrected chi connectivity index (χ1v) is 15.2. The molecule has 1 amide bonds. The van der Waals surface area contributed by atoms with Gasteiger partial charge >= 0.3 is 5.97 Å². The molecule has 9 nitrogen and oxygen atoms in total. The Kier molecular flexibility index (Phi) is 9.30. The lowest BCUT2D eigenvalue weighted by Gasteiger charge is -2.38. The van der Waals surface area contributed by atoms with Crippen molar-refractivity contribution in [3.8, 4) is 0 Å². The van der Waals surface area contributed by atoms with Gasteiger partial charge in [0, 0.05) is 24.2 Å². The molecule has 1 aliphatic rings. The summed E-state index contributed by atoms with van der Waals surface area (Å²) in [5.74, 6) is -2.25. The van der Waals surface area contributed by atoms with Crippen molar-refractivity contribution >= 4 is 27.6 Å². The number of esters is 1. The van der Waals surface area contributed by atoms with Crippen molar-refractivity contribution in [3.63, 3.8) is 0 Å². The Morgan fingerprint density at radius 3 is 2.48 bits per heavy atom. The molecule has 3 aromatic rings. The summed E-state index contributed by atoms with van der Waals surface area (Å²) < 4.78 is 47.7. The number of nitrogens with zero attached hydrogens (tertiary/aromatic N) is 1. The maximum absolute atomic E-state index is 13.5. The molecule has 0 aliphatic carbocycles. The molecule has 0 bridgehead atoms. The molecule has 0 radical (unpaired) electrons. The summed E-state index contributed by atoms with van der Waals surface area (Å²) in [5.41, 5.74) is 6.29. The van der Waals surface area contributed by atoms with Gasteiger partial charge in [0.2, 0.25) is 5.91 Å². The number of rotatable bonds is 12. The number of carbonyl (C=O) groups excluding carboxylic acids is 2. The highest BCUT2D eigenvalue weighted by atomic mass is 32.2. The number of aliphatic hydroxyl groups excluding tert-OH is 1. The van der Waals surface area contributed by atoms with Crippen LogP contribution in [0.25, 0.3) is 0 Å². The van der Waals surface area contributed by atoms with Crippen LogP contribution < -0.4 is 10.5 Å². The zero-order valence-corrected chi connectivity index (χ0v) is 24.3. The van der Waals surface area contributed by atoms with Crippen molar-refractivity contribution in [2.24, 2.45) is 5.73 Å². The van der Waals surface area contributed by atoms with E-state index in [1.165, 1.54) is 24.3 Å². The molecule has 11 heteroatoms. The van der Waals surface area contributed by atoms with Crippen molar-refractivity contribution in [1.29, 1.82) is 0 Å². The lowest BCUT2D eigenvalue weighted by atomic mass is 9.80. The van der Waals surface area contributed by atoms with Crippen LogP contribution in [0.5, 0.6) is 0 Å². The van der Waals surface area contributed by atoms with Crippen LogP contribution in [0, 0.1) is 5.82 Å². The minimum absolute atomic E-state index is 0.0459. The molecule has 42 heavy (non-hydrogen) atoms. The largest absolute Gasteiger partial charge is 0.512 e. The third-order valence-electron chi connectivity index (χ3n) is 7.41. The summed E-state index contributed by atoms with van der Waals surface area (Å²) in [7, 11) is -4.09. The van der Waals surface area contributed by atoms with Crippen LogP contribution in [0.15, 0.2) is 83.2 Å². The second kappa shape index (κ2) is 12.7. The number of aliphatic hydroxyl groups is 1. The zero-order valence-electron chi connectivity index (χ0n) is 23.5. The summed E-state index contributed by atoms with van der Waals surface area (Å²) in [6.07, 6.45) is 3.99. The number of pyridine rings is 1. The molecule has 2 aromatic carbocycles. The zero-order chi connectivity index (χ0) is 30.5. The number of aromatic nitrogens is 1. The lowest BCUT2D eigenvalue weighted by molar-refractivity contribution is -0.161. The van der Waals surface area contributed by atoms with Gasteiger partial charge in [-0.2, -0.15) is 8.42 Å². The predicted octanol–water partition coefficient (Wildman–Crippen LogP) is 5.54. The summed E-state index contributed by atoms with van der Waals surface area (Å²) in [6.45, 7) is 3.84. The third-order valence-corrected chi connectivity index (χ3v) is 8.71. The number of halogens is 1. The second-order valence-corrected chi connectivity index (χ2v) is 12.1. The number of nitrogens with two attached hydrogens (primary N) is 1. The highest BCUT2D eigenvalue weighted by Gasteiger charge is 2.43. The van der Waals surface area contributed by atoms with Crippen LogP contribution in [0.1, 0.15) is 73.4 Å². The molecule has 2 atom stereocenters. The van der Waals surface area contributed by atoms with E-state index >= 15 is 0 Å². The van der Waals surface area contributed by atoms with Gasteiger partial charge in [0.25, 0.3) is 10.0 Å².